The van der Waals surface area contributed by atoms with Gasteiger partial charge in [0, 0.05) is 6.42 Å². The molecule has 9 heavy (non-hydrogen) atoms. The Bertz CT molecular complexity index is 105. The van der Waals surface area contributed by atoms with Crippen molar-refractivity contribution in [1.82, 2.24) is 0 Å². The molecule has 52 valence electrons. The summed E-state index contributed by atoms with van der Waals surface area (Å²) in [6.45, 7) is 3.92. The maximum atomic E-state index is 10.6. The number of ketones is 1. The van der Waals surface area contributed by atoms with Gasteiger partial charge in [-0.25, -0.2) is 0 Å². The lowest BCUT2D eigenvalue weighted by Gasteiger charge is -1.98. The van der Waals surface area contributed by atoms with Crippen LogP contribution in [0.2, 0.25) is 0 Å². The Hall–Kier alpha value is -0.660. The maximum absolute atomic E-state index is 10.6. The quantitative estimate of drug-likeness (QED) is 0.421. The highest BCUT2D eigenvalue weighted by molar-refractivity contribution is 5.89. The van der Waals surface area contributed by atoms with E-state index in [1.807, 2.05) is 13.8 Å². The van der Waals surface area contributed by atoms with Crippen molar-refractivity contribution in [2.45, 2.75) is 26.7 Å². The third-order valence-corrected chi connectivity index (χ3v) is 0.947. The molecule has 0 radical (unpaired) electrons. The van der Waals surface area contributed by atoms with Crippen LogP contribution in [0.5, 0.6) is 0 Å². The molecule has 0 spiro atoms. The Kier molecular flexibility index (Phi) is 3.93. The molecule has 0 aromatic carbocycles. The lowest BCUT2D eigenvalue weighted by molar-refractivity contribution is -0.122. The van der Waals surface area contributed by atoms with E-state index in [2.05, 4.69) is 0 Å². The fourth-order valence-corrected chi connectivity index (χ4v) is 0.632. The summed E-state index contributed by atoms with van der Waals surface area (Å²) in [6, 6.07) is 0. The first kappa shape index (κ1) is 8.34. The molecule has 0 aliphatic carbocycles. The predicted molar refractivity (Wildman–Crippen MR) is 35.1 cm³/mol. The van der Waals surface area contributed by atoms with Gasteiger partial charge in [0.1, 0.15) is 12.1 Å². The number of hydrogen-bond donors (Lipinski definition) is 0. The Morgan fingerprint density at radius 3 is 2.44 bits per heavy atom. The highest BCUT2D eigenvalue weighted by Crippen LogP contribution is 2.00. The minimum atomic E-state index is 0.0417. The molecule has 0 bridgehead atoms. The third kappa shape index (κ3) is 5.21. The summed E-state index contributed by atoms with van der Waals surface area (Å²) in [5.74, 6) is 0.414. The fraction of sp³-hybridized carbons (Fsp3) is 0.714. The van der Waals surface area contributed by atoms with Crippen LogP contribution in [0.25, 0.3) is 0 Å². The van der Waals surface area contributed by atoms with Crippen LogP contribution in [0.15, 0.2) is 0 Å². The highest BCUT2D eigenvalue weighted by atomic mass is 16.1. The van der Waals surface area contributed by atoms with E-state index < -0.39 is 0 Å². The zero-order chi connectivity index (χ0) is 7.28. The molecule has 0 atom stereocenters. The normalized spacial score (nSPS) is 9.67. The van der Waals surface area contributed by atoms with Crippen molar-refractivity contribution in [3.8, 4) is 0 Å². The summed E-state index contributed by atoms with van der Waals surface area (Å²) in [5.41, 5.74) is 0. The second kappa shape index (κ2) is 4.24. The molecule has 0 heterocycles. The zero-order valence-electron chi connectivity index (χ0n) is 5.89. The van der Waals surface area contributed by atoms with E-state index in [-0.39, 0.29) is 12.2 Å². The van der Waals surface area contributed by atoms with E-state index in [1.165, 1.54) is 0 Å². The molecule has 0 amide bonds. The molecule has 2 nitrogen and oxygen atoms in total. The van der Waals surface area contributed by atoms with Gasteiger partial charge in [-0.1, -0.05) is 13.8 Å². The lowest BCUT2D eigenvalue weighted by atomic mass is 10.1. The molecule has 0 saturated carbocycles. The van der Waals surface area contributed by atoms with Crippen LogP contribution in [0, 0.1) is 5.92 Å². The van der Waals surface area contributed by atoms with E-state index in [4.69, 9.17) is 0 Å². The molecule has 0 N–H and O–H groups in total. The Morgan fingerprint density at radius 2 is 2.11 bits per heavy atom. The summed E-state index contributed by atoms with van der Waals surface area (Å²) in [7, 11) is 0. The first-order valence-corrected chi connectivity index (χ1v) is 3.12. The molecular weight excluding hydrogens is 116 g/mol. The number of carbonyl (C=O) groups is 2. The monoisotopic (exact) mass is 128 g/mol. The van der Waals surface area contributed by atoms with Crippen molar-refractivity contribution in [1.29, 1.82) is 0 Å². The maximum Gasteiger partial charge on any atom is 0.140 e. The third-order valence-electron chi connectivity index (χ3n) is 0.947. The Balaban J connectivity index is 3.38. The molecule has 2 heteroatoms. The van der Waals surface area contributed by atoms with E-state index in [9.17, 15) is 9.59 Å². The molecule has 0 aromatic heterocycles. The van der Waals surface area contributed by atoms with Crippen LogP contribution in [0.4, 0.5) is 0 Å². The number of carbonyl (C=O) groups excluding carboxylic acids is 2. The predicted octanol–water partition coefficient (Wildman–Crippen LogP) is 1.19. The molecule has 0 saturated heterocycles. The van der Waals surface area contributed by atoms with Crippen LogP contribution in [-0.2, 0) is 9.59 Å². The lowest BCUT2D eigenvalue weighted by Crippen LogP contribution is -2.02. The highest BCUT2D eigenvalue weighted by Gasteiger charge is 2.02. The van der Waals surface area contributed by atoms with E-state index in [0.29, 0.717) is 18.6 Å². The van der Waals surface area contributed by atoms with Gasteiger partial charge in [-0.2, -0.15) is 0 Å². The van der Waals surface area contributed by atoms with Crippen molar-refractivity contribution < 1.29 is 9.59 Å². The summed E-state index contributed by atoms with van der Waals surface area (Å²) in [4.78, 5) is 20.4. The average molecular weight is 128 g/mol. The zero-order valence-corrected chi connectivity index (χ0v) is 5.89. The molecule has 0 rings (SSSR count). The minimum absolute atomic E-state index is 0.0417. The molecule has 0 aromatic rings. The van der Waals surface area contributed by atoms with Crippen LogP contribution >= 0.6 is 0 Å². The average Bonchev–Trinajstić information content (AvgIpc) is 1.63. The summed E-state index contributed by atoms with van der Waals surface area (Å²) in [6.07, 6.45) is 1.27. The number of hydrogen-bond acceptors (Lipinski definition) is 2. The van der Waals surface area contributed by atoms with E-state index in [0.717, 1.165) is 0 Å². The van der Waals surface area contributed by atoms with Crippen molar-refractivity contribution in [2.75, 3.05) is 0 Å². The van der Waals surface area contributed by atoms with Crippen molar-refractivity contribution in [3.05, 3.63) is 0 Å². The summed E-state index contributed by atoms with van der Waals surface area (Å²) < 4.78 is 0. The van der Waals surface area contributed by atoms with Gasteiger partial charge >= 0.3 is 0 Å². The molecule has 0 aliphatic rings. The topological polar surface area (TPSA) is 34.1 Å². The van der Waals surface area contributed by atoms with Crippen LogP contribution in [-0.4, -0.2) is 12.1 Å². The van der Waals surface area contributed by atoms with Gasteiger partial charge in [0.15, 0.2) is 0 Å². The van der Waals surface area contributed by atoms with Gasteiger partial charge < -0.3 is 4.79 Å². The van der Waals surface area contributed by atoms with Gasteiger partial charge in [-0.05, 0) is 5.92 Å². The second-order valence-electron chi connectivity index (χ2n) is 2.51. The fourth-order valence-electron chi connectivity index (χ4n) is 0.632. The van der Waals surface area contributed by atoms with Crippen molar-refractivity contribution >= 4 is 12.1 Å². The van der Waals surface area contributed by atoms with Gasteiger partial charge in [0.25, 0.3) is 0 Å². The smallest absolute Gasteiger partial charge is 0.140 e. The largest absolute Gasteiger partial charge is 0.303 e. The Labute approximate surface area is 55.3 Å². The standard InChI is InChI=1S/C7H12O2/c1-6(2)5-7(9)3-4-8/h4,6H,3,5H2,1-2H3. The van der Waals surface area contributed by atoms with Gasteiger partial charge in [-0.3, -0.25) is 4.79 Å². The SMILES string of the molecule is CC(C)CC(=O)CC=O. The Morgan fingerprint density at radius 1 is 1.56 bits per heavy atom. The van der Waals surface area contributed by atoms with Gasteiger partial charge in [0.05, 0.1) is 6.42 Å². The van der Waals surface area contributed by atoms with E-state index in [1.54, 1.807) is 0 Å². The molecule has 0 aliphatic heterocycles. The van der Waals surface area contributed by atoms with Crippen LogP contribution in [0.1, 0.15) is 26.7 Å². The van der Waals surface area contributed by atoms with Crippen molar-refractivity contribution in [3.63, 3.8) is 0 Å². The first-order valence-electron chi connectivity index (χ1n) is 3.12. The van der Waals surface area contributed by atoms with Crippen molar-refractivity contribution in [2.24, 2.45) is 5.92 Å². The summed E-state index contributed by atoms with van der Waals surface area (Å²) in [5, 5.41) is 0. The molecular formula is C7H12O2. The number of aldehydes is 1. The van der Waals surface area contributed by atoms with Crippen LogP contribution in [0.3, 0.4) is 0 Å². The molecule has 0 unspecified atom stereocenters. The molecule has 0 fully saturated rings. The van der Waals surface area contributed by atoms with Crippen LogP contribution < -0.4 is 0 Å². The van der Waals surface area contributed by atoms with Gasteiger partial charge in [-0.15, -0.1) is 0 Å². The van der Waals surface area contributed by atoms with Gasteiger partial charge in [0.2, 0.25) is 0 Å². The first-order chi connectivity index (χ1) is 4.16. The minimum Gasteiger partial charge on any atom is -0.303 e. The summed E-state index contributed by atoms with van der Waals surface area (Å²) >= 11 is 0. The second-order valence-corrected chi connectivity index (χ2v) is 2.51. The number of rotatable bonds is 4. The van der Waals surface area contributed by atoms with E-state index >= 15 is 0 Å². The number of Topliss-reactive ketones (excluding diaryl/α,β-unsaturated/α-hetero) is 1.